The van der Waals surface area contributed by atoms with E-state index in [-0.39, 0.29) is 0 Å². The van der Waals surface area contributed by atoms with E-state index >= 15 is 0 Å². The second kappa shape index (κ2) is 2.49. The van der Waals surface area contributed by atoms with Gasteiger partial charge in [0.2, 0.25) is 0 Å². The van der Waals surface area contributed by atoms with E-state index in [0.29, 0.717) is 6.61 Å². The highest BCUT2D eigenvalue weighted by atomic mass is 16.2. The van der Waals surface area contributed by atoms with Crippen molar-refractivity contribution < 1.29 is 5.11 Å². The van der Waals surface area contributed by atoms with Crippen LogP contribution < -0.4 is 0 Å². The van der Waals surface area contributed by atoms with Crippen molar-refractivity contribution in [2.45, 2.75) is 26.2 Å². The highest BCUT2D eigenvalue weighted by molar-refractivity contribution is 4.81. The molecule has 0 amide bonds. The Hall–Kier alpha value is -0.0400. The van der Waals surface area contributed by atoms with E-state index in [1.54, 1.807) is 0 Å². The molecule has 0 aromatic rings. The van der Waals surface area contributed by atoms with Crippen LogP contribution in [0.15, 0.2) is 0 Å². The molecule has 0 aliphatic heterocycles. The standard InChI is InChI=1S/C7H14O/c1-6-5-7(6)3-2-4-8/h6-8H,2-5H2,1H3/t6-,7+/m1/s1. The summed E-state index contributed by atoms with van der Waals surface area (Å²) in [5, 5.41) is 8.43. The zero-order chi connectivity index (χ0) is 5.98. The van der Waals surface area contributed by atoms with Crippen LogP contribution in [0.25, 0.3) is 0 Å². The molecule has 1 heteroatoms. The Morgan fingerprint density at radius 1 is 1.62 bits per heavy atom. The van der Waals surface area contributed by atoms with Gasteiger partial charge in [0.15, 0.2) is 0 Å². The first-order chi connectivity index (χ1) is 3.84. The Kier molecular flexibility index (Phi) is 1.90. The molecular formula is C7H14O. The molecular weight excluding hydrogens is 100 g/mol. The van der Waals surface area contributed by atoms with Crippen molar-refractivity contribution in [1.29, 1.82) is 0 Å². The summed E-state index contributed by atoms with van der Waals surface area (Å²) in [6.45, 7) is 2.66. The lowest BCUT2D eigenvalue weighted by Crippen LogP contribution is -1.84. The van der Waals surface area contributed by atoms with Crippen LogP contribution in [-0.4, -0.2) is 11.7 Å². The summed E-state index contributed by atoms with van der Waals surface area (Å²) in [5.41, 5.74) is 0. The zero-order valence-corrected chi connectivity index (χ0v) is 5.43. The summed E-state index contributed by atoms with van der Waals surface area (Å²) < 4.78 is 0. The maximum Gasteiger partial charge on any atom is 0.0431 e. The summed E-state index contributed by atoms with van der Waals surface area (Å²) in [5.74, 6) is 1.92. The Morgan fingerprint density at radius 3 is 2.62 bits per heavy atom. The minimum atomic E-state index is 0.378. The van der Waals surface area contributed by atoms with Gasteiger partial charge in [-0.25, -0.2) is 0 Å². The molecule has 1 nitrogen and oxygen atoms in total. The average Bonchev–Trinajstić information content (AvgIpc) is 2.42. The van der Waals surface area contributed by atoms with Gasteiger partial charge < -0.3 is 5.11 Å². The maximum atomic E-state index is 8.43. The molecule has 1 fully saturated rings. The van der Waals surface area contributed by atoms with Crippen LogP contribution in [0.1, 0.15) is 26.2 Å². The molecule has 1 aliphatic carbocycles. The highest BCUT2D eigenvalue weighted by Gasteiger charge is 2.31. The minimum absolute atomic E-state index is 0.378. The fraction of sp³-hybridized carbons (Fsp3) is 1.00. The molecule has 0 spiro atoms. The lowest BCUT2D eigenvalue weighted by atomic mass is 10.2. The summed E-state index contributed by atoms with van der Waals surface area (Å²) in [6.07, 6.45) is 3.66. The third-order valence-electron chi connectivity index (χ3n) is 2.01. The molecule has 0 saturated heterocycles. The third-order valence-corrected chi connectivity index (χ3v) is 2.01. The summed E-state index contributed by atoms with van der Waals surface area (Å²) in [7, 11) is 0. The van der Waals surface area contributed by atoms with Crippen molar-refractivity contribution >= 4 is 0 Å². The second-order valence-corrected chi connectivity index (χ2v) is 2.84. The molecule has 8 heavy (non-hydrogen) atoms. The quantitative estimate of drug-likeness (QED) is 0.588. The van der Waals surface area contributed by atoms with Crippen LogP contribution in [0.5, 0.6) is 0 Å². The number of aliphatic hydroxyl groups excluding tert-OH is 1. The fourth-order valence-electron chi connectivity index (χ4n) is 1.15. The smallest absolute Gasteiger partial charge is 0.0431 e. The van der Waals surface area contributed by atoms with Crippen molar-refractivity contribution in [2.24, 2.45) is 11.8 Å². The minimum Gasteiger partial charge on any atom is -0.396 e. The largest absolute Gasteiger partial charge is 0.396 e. The van der Waals surface area contributed by atoms with Gasteiger partial charge in [-0.15, -0.1) is 0 Å². The van der Waals surface area contributed by atoms with Gasteiger partial charge in [0.1, 0.15) is 0 Å². The molecule has 0 unspecified atom stereocenters. The molecule has 1 aliphatic rings. The van der Waals surface area contributed by atoms with Crippen molar-refractivity contribution in [2.75, 3.05) is 6.61 Å². The van der Waals surface area contributed by atoms with Gasteiger partial charge in [-0.2, -0.15) is 0 Å². The van der Waals surface area contributed by atoms with E-state index < -0.39 is 0 Å². The number of hydrogen-bond acceptors (Lipinski definition) is 1. The van der Waals surface area contributed by atoms with Gasteiger partial charge in [0.05, 0.1) is 0 Å². The van der Waals surface area contributed by atoms with Gasteiger partial charge in [0, 0.05) is 6.61 Å². The number of rotatable bonds is 3. The van der Waals surface area contributed by atoms with Gasteiger partial charge in [-0.3, -0.25) is 0 Å². The summed E-state index contributed by atoms with van der Waals surface area (Å²) in [4.78, 5) is 0. The van der Waals surface area contributed by atoms with E-state index in [9.17, 15) is 0 Å². The maximum absolute atomic E-state index is 8.43. The van der Waals surface area contributed by atoms with Crippen molar-refractivity contribution in [1.82, 2.24) is 0 Å². The predicted octanol–water partition coefficient (Wildman–Crippen LogP) is 1.41. The first-order valence-corrected chi connectivity index (χ1v) is 3.45. The van der Waals surface area contributed by atoms with Crippen LogP contribution in [0.4, 0.5) is 0 Å². The second-order valence-electron chi connectivity index (χ2n) is 2.84. The SMILES string of the molecule is C[C@@H]1C[C@@H]1CCCO. The molecule has 0 radical (unpaired) electrons. The van der Waals surface area contributed by atoms with E-state index in [1.807, 2.05) is 0 Å². The molecule has 1 saturated carbocycles. The number of aliphatic hydroxyl groups is 1. The molecule has 0 bridgehead atoms. The van der Waals surface area contributed by atoms with E-state index in [4.69, 9.17) is 5.11 Å². The Morgan fingerprint density at radius 2 is 2.25 bits per heavy atom. The first kappa shape index (κ1) is 6.09. The first-order valence-electron chi connectivity index (χ1n) is 3.45. The van der Waals surface area contributed by atoms with E-state index in [0.717, 1.165) is 18.3 Å². The van der Waals surface area contributed by atoms with Crippen LogP contribution in [0.2, 0.25) is 0 Å². The summed E-state index contributed by atoms with van der Waals surface area (Å²) >= 11 is 0. The van der Waals surface area contributed by atoms with Gasteiger partial charge in [-0.05, 0) is 31.1 Å². The lowest BCUT2D eigenvalue weighted by molar-refractivity contribution is 0.280. The monoisotopic (exact) mass is 114 g/mol. The Bertz CT molecular complexity index is 70.8. The van der Waals surface area contributed by atoms with Crippen LogP contribution in [0.3, 0.4) is 0 Å². The highest BCUT2D eigenvalue weighted by Crippen LogP contribution is 2.40. The molecule has 0 aromatic carbocycles. The zero-order valence-electron chi connectivity index (χ0n) is 5.43. The predicted molar refractivity (Wildman–Crippen MR) is 33.6 cm³/mol. The van der Waals surface area contributed by atoms with Gasteiger partial charge in [0.25, 0.3) is 0 Å². The van der Waals surface area contributed by atoms with Gasteiger partial charge in [-0.1, -0.05) is 6.92 Å². The molecule has 1 rings (SSSR count). The molecule has 1 N–H and O–H groups in total. The van der Waals surface area contributed by atoms with Crippen LogP contribution >= 0.6 is 0 Å². The summed E-state index contributed by atoms with van der Waals surface area (Å²) in [6, 6.07) is 0. The fourth-order valence-corrected chi connectivity index (χ4v) is 1.15. The van der Waals surface area contributed by atoms with Crippen molar-refractivity contribution in [3.63, 3.8) is 0 Å². The van der Waals surface area contributed by atoms with Gasteiger partial charge >= 0.3 is 0 Å². The lowest BCUT2D eigenvalue weighted by Gasteiger charge is -1.90. The van der Waals surface area contributed by atoms with Crippen molar-refractivity contribution in [3.8, 4) is 0 Å². The van der Waals surface area contributed by atoms with Crippen molar-refractivity contribution in [3.05, 3.63) is 0 Å². The molecule has 2 atom stereocenters. The normalized spacial score (nSPS) is 35.2. The third kappa shape index (κ3) is 1.48. The average molecular weight is 114 g/mol. The Labute approximate surface area is 50.7 Å². The molecule has 0 heterocycles. The van der Waals surface area contributed by atoms with Crippen LogP contribution in [-0.2, 0) is 0 Å². The van der Waals surface area contributed by atoms with E-state index in [1.165, 1.54) is 12.8 Å². The molecule has 0 aromatic heterocycles. The number of hydrogen-bond donors (Lipinski definition) is 1. The van der Waals surface area contributed by atoms with Crippen LogP contribution in [0, 0.1) is 11.8 Å². The van der Waals surface area contributed by atoms with E-state index in [2.05, 4.69) is 6.92 Å². The topological polar surface area (TPSA) is 20.2 Å². The molecule has 48 valence electrons. The Balaban J connectivity index is 1.89.